The van der Waals surface area contributed by atoms with Crippen molar-refractivity contribution in [2.45, 2.75) is 6.92 Å². The summed E-state index contributed by atoms with van der Waals surface area (Å²) in [4.78, 5) is 3.98. The Bertz CT molecular complexity index is 451. The number of nitrogen functional groups attached to an aromatic ring is 1. The molecule has 0 radical (unpaired) electrons. The maximum atomic E-state index is 5.67. The van der Waals surface area contributed by atoms with Crippen LogP contribution >= 0.6 is 0 Å². The van der Waals surface area contributed by atoms with Crippen LogP contribution in [0, 0.1) is 0 Å². The lowest BCUT2D eigenvalue weighted by atomic mass is 10.2. The zero-order chi connectivity index (χ0) is 10.7. The van der Waals surface area contributed by atoms with E-state index in [0.29, 0.717) is 18.1 Å². The Kier molecular flexibility index (Phi) is 2.58. The fourth-order valence-electron chi connectivity index (χ4n) is 1.27. The highest BCUT2D eigenvalue weighted by molar-refractivity contribution is 5.61. The van der Waals surface area contributed by atoms with E-state index in [1.807, 2.05) is 31.2 Å². The first-order valence-corrected chi connectivity index (χ1v) is 4.74. The highest BCUT2D eigenvalue weighted by atomic mass is 16.6. The second-order valence-corrected chi connectivity index (χ2v) is 3.05. The topological polar surface area (TPSA) is 61.3 Å². The number of aromatic nitrogens is 1. The monoisotopic (exact) mass is 204 g/mol. The molecule has 78 valence electrons. The molecule has 0 saturated carbocycles. The van der Waals surface area contributed by atoms with Gasteiger partial charge in [-0.1, -0.05) is 12.1 Å². The highest BCUT2D eigenvalue weighted by Crippen LogP contribution is 2.24. The highest BCUT2D eigenvalue weighted by Gasteiger charge is 2.06. The van der Waals surface area contributed by atoms with Crippen LogP contribution in [0.1, 0.15) is 6.92 Å². The van der Waals surface area contributed by atoms with Crippen molar-refractivity contribution < 1.29 is 9.15 Å². The van der Waals surface area contributed by atoms with Crippen LogP contribution in [0.15, 0.2) is 34.9 Å². The van der Waals surface area contributed by atoms with Crippen molar-refractivity contribution in [1.82, 2.24) is 4.98 Å². The van der Waals surface area contributed by atoms with Crippen LogP contribution in [0.4, 0.5) is 5.69 Å². The molecule has 0 aliphatic rings. The molecule has 0 aliphatic heterocycles. The summed E-state index contributed by atoms with van der Waals surface area (Å²) in [5, 5.41) is 0. The van der Waals surface area contributed by atoms with Gasteiger partial charge in [0.1, 0.15) is 0 Å². The molecule has 0 bridgehead atoms. The molecule has 4 nitrogen and oxygen atoms in total. The Morgan fingerprint density at radius 2 is 2.33 bits per heavy atom. The molecule has 2 rings (SSSR count). The van der Waals surface area contributed by atoms with E-state index in [0.717, 1.165) is 5.56 Å². The first kappa shape index (κ1) is 9.58. The van der Waals surface area contributed by atoms with Gasteiger partial charge in [-0.3, -0.25) is 0 Å². The van der Waals surface area contributed by atoms with Crippen LogP contribution in [0.5, 0.6) is 6.08 Å². The largest absolute Gasteiger partial charge is 0.450 e. The average molecular weight is 204 g/mol. The zero-order valence-corrected chi connectivity index (χ0v) is 8.43. The predicted octanol–water partition coefficient (Wildman–Crippen LogP) is 2.32. The van der Waals surface area contributed by atoms with Gasteiger partial charge >= 0.3 is 6.08 Å². The van der Waals surface area contributed by atoms with Gasteiger partial charge in [-0.15, -0.1) is 0 Å². The molecule has 0 aliphatic carbocycles. The fourth-order valence-corrected chi connectivity index (χ4v) is 1.27. The van der Waals surface area contributed by atoms with Crippen molar-refractivity contribution in [2.75, 3.05) is 12.3 Å². The van der Waals surface area contributed by atoms with E-state index in [4.69, 9.17) is 14.9 Å². The molecular formula is C11H12N2O2. The minimum Gasteiger partial charge on any atom is -0.450 e. The van der Waals surface area contributed by atoms with E-state index in [1.165, 1.54) is 0 Å². The molecule has 0 saturated heterocycles. The molecule has 0 amide bonds. The summed E-state index contributed by atoms with van der Waals surface area (Å²) >= 11 is 0. The zero-order valence-electron chi connectivity index (χ0n) is 8.43. The number of anilines is 1. The van der Waals surface area contributed by atoms with E-state index in [9.17, 15) is 0 Å². The minimum atomic E-state index is 0.287. The molecule has 1 heterocycles. The van der Waals surface area contributed by atoms with E-state index in [-0.39, 0.29) is 6.08 Å². The first-order valence-electron chi connectivity index (χ1n) is 4.74. The number of hydrogen-bond donors (Lipinski definition) is 1. The van der Waals surface area contributed by atoms with Crippen LogP contribution in [0.25, 0.3) is 11.3 Å². The predicted molar refractivity (Wildman–Crippen MR) is 57.5 cm³/mol. The summed E-state index contributed by atoms with van der Waals surface area (Å²) in [5.41, 5.74) is 7.26. The molecular weight excluding hydrogens is 192 g/mol. The van der Waals surface area contributed by atoms with Gasteiger partial charge in [0.15, 0.2) is 5.76 Å². The number of oxazole rings is 1. The van der Waals surface area contributed by atoms with Gasteiger partial charge in [0.25, 0.3) is 0 Å². The summed E-state index contributed by atoms with van der Waals surface area (Å²) in [6.45, 7) is 2.42. The number of rotatable bonds is 3. The molecule has 0 fully saturated rings. The molecule has 2 N–H and O–H groups in total. The molecule has 1 aromatic heterocycles. The van der Waals surface area contributed by atoms with Gasteiger partial charge in [0.2, 0.25) is 0 Å². The van der Waals surface area contributed by atoms with Gasteiger partial charge in [0, 0.05) is 11.3 Å². The van der Waals surface area contributed by atoms with E-state index >= 15 is 0 Å². The number of benzene rings is 1. The molecule has 15 heavy (non-hydrogen) atoms. The first-order chi connectivity index (χ1) is 7.29. The second kappa shape index (κ2) is 4.04. The normalized spacial score (nSPS) is 10.2. The summed E-state index contributed by atoms with van der Waals surface area (Å²) in [6.07, 6.45) is 1.91. The number of nitrogens with zero attached hydrogens (tertiary/aromatic N) is 1. The van der Waals surface area contributed by atoms with Gasteiger partial charge in [-0.25, -0.2) is 0 Å². The van der Waals surface area contributed by atoms with Gasteiger partial charge < -0.3 is 14.9 Å². The Morgan fingerprint density at radius 3 is 3.07 bits per heavy atom. The van der Waals surface area contributed by atoms with E-state index in [2.05, 4.69) is 4.98 Å². The third kappa shape index (κ3) is 2.10. The lowest BCUT2D eigenvalue weighted by molar-refractivity contribution is 0.247. The number of ether oxygens (including phenoxy) is 1. The molecule has 0 atom stereocenters. The lowest BCUT2D eigenvalue weighted by Gasteiger charge is -1.97. The van der Waals surface area contributed by atoms with Crippen LogP contribution in [-0.2, 0) is 0 Å². The van der Waals surface area contributed by atoms with Crippen LogP contribution in [0.2, 0.25) is 0 Å². The van der Waals surface area contributed by atoms with Crippen molar-refractivity contribution in [2.24, 2.45) is 0 Å². The molecule has 2 aromatic rings. The molecule has 0 unspecified atom stereocenters. The van der Waals surface area contributed by atoms with E-state index in [1.54, 1.807) is 6.20 Å². The number of nitrogens with two attached hydrogens (primary N) is 1. The summed E-state index contributed by atoms with van der Waals surface area (Å²) in [7, 11) is 0. The van der Waals surface area contributed by atoms with Crippen LogP contribution in [-0.4, -0.2) is 11.6 Å². The lowest BCUT2D eigenvalue weighted by Crippen LogP contribution is -1.89. The van der Waals surface area contributed by atoms with Crippen molar-refractivity contribution in [1.29, 1.82) is 0 Å². The SMILES string of the molecule is CCOc1ncc(-c2cccc(N)c2)o1. The van der Waals surface area contributed by atoms with Gasteiger partial charge in [0.05, 0.1) is 12.8 Å². The fraction of sp³-hybridized carbons (Fsp3) is 0.182. The van der Waals surface area contributed by atoms with Crippen molar-refractivity contribution in [3.05, 3.63) is 30.5 Å². The second-order valence-electron chi connectivity index (χ2n) is 3.05. The summed E-state index contributed by atoms with van der Waals surface area (Å²) in [6, 6.07) is 7.43. The van der Waals surface area contributed by atoms with Crippen LogP contribution in [0.3, 0.4) is 0 Å². The number of hydrogen-bond acceptors (Lipinski definition) is 4. The Hall–Kier alpha value is -1.97. The minimum absolute atomic E-state index is 0.287. The van der Waals surface area contributed by atoms with Gasteiger partial charge in [-0.05, 0) is 19.1 Å². The van der Waals surface area contributed by atoms with E-state index < -0.39 is 0 Å². The summed E-state index contributed by atoms with van der Waals surface area (Å²) in [5.74, 6) is 0.658. The van der Waals surface area contributed by atoms with Crippen molar-refractivity contribution >= 4 is 5.69 Å². The third-order valence-corrected chi connectivity index (χ3v) is 1.92. The van der Waals surface area contributed by atoms with Crippen LogP contribution < -0.4 is 10.5 Å². The quantitative estimate of drug-likeness (QED) is 0.779. The Labute approximate surface area is 87.7 Å². The average Bonchev–Trinajstić information content (AvgIpc) is 2.67. The standard InChI is InChI=1S/C11H12N2O2/c1-2-14-11-13-7-10(15-11)8-4-3-5-9(12)6-8/h3-7H,2,12H2,1H3. The smallest absolute Gasteiger partial charge is 0.394 e. The molecule has 1 aromatic carbocycles. The summed E-state index contributed by atoms with van der Waals surface area (Å²) < 4.78 is 10.5. The molecule has 4 heteroatoms. The maximum absolute atomic E-state index is 5.67. The maximum Gasteiger partial charge on any atom is 0.394 e. The Balaban J connectivity index is 2.29. The van der Waals surface area contributed by atoms with Crippen molar-refractivity contribution in [3.63, 3.8) is 0 Å². The molecule has 0 spiro atoms. The van der Waals surface area contributed by atoms with Gasteiger partial charge in [-0.2, -0.15) is 4.98 Å². The van der Waals surface area contributed by atoms with Crippen molar-refractivity contribution in [3.8, 4) is 17.4 Å². The third-order valence-electron chi connectivity index (χ3n) is 1.92. The Morgan fingerprint density at radius 1 is 1.47 bits per heavy atom.